The first kappa shape index (κ1) is 28.2. The lowest BCUT2D eigenvalue weighted by Crippen LogP contribution is -2.43. The summed E-state index contributed by atoms with van der Waals surface area (Å²) in [6, 6.07) is 2.65. The van der Waals surface area contributed by atoms with Crippen LogP contribution in [0.15, 0.2) is 35.0 Å². The standard InChI is InChI=1S/C25H28F3N7O6/c1-24(2,3)41-23(37)35-12-14(10-15(35)13-34-9-8-29-33-34)30-20(36)22-32-31-21(39-22)18-11-17(40-25(26,27)28)6-7-19(18)38-16-4-5-16/h6-9,11,14-16H,4-5,10,12-13H2,1-3H3,(H,30,36). The molecule has 2 aliphatic rings. The number of rotatable bonds is 8. The number of nitrogens with one attached hydrogen (secondary N) is 1. The molecule has 0 spiro atoms. The predicted octanol–water partition coefficient (Wildman–Crippen LogP) is 3.58. The van der Waals surface area contributed by atoms with E-state index in [2.05, 4.69) is 30.6 Å². The summed E-state index contributed by atoms with van der Waals surface area (Å²) in [5.74, 6) is -1.64. The number of alkyl halides is 3. The molecular weight excluding hydrogens is 551 g/mol. The van der Waals surface area contributed by atoms with Crippen LogP contribution in [0.4, 0.5) is 18.0 Å². The average molecular weight is 580 g/mol. The van der Waals surface area contributed by atoms with Gasteiger partial charge in [0, 0.05) is 18.8 Å². The second-order valence-electron chi connectivity index (χ2n) is 10.8. The average Bonchev–Trinajstić information content (AvgIpc) is 3.25. The van der Waals surface area contributed by atoms with Crippen LogP contribution in [0.3, 0.4) is 0 Å². The third kappa shape index (κ3) is 7.43. The van der Waals surface area contributed by atoms with E-state index in [1.54, 1.807) is 31.6 Å². The first-order chi connectivity index (χ1) is 19.3. The highest BCUT2D eigenvalue weighted by Gasteiger charge is 2.39. The second kappa shape index (κ2) is 10.9. The van der Waals surface area contributed by atoms with Crippen LogP contribution in [0.1, 0.15) is 50.7 Å². The van der Waals surface area contributed by atoms with E-state index in [4.69, 9.17) is 13.9 Å². The SMILES string of the molecule is CC(C)(C)OC(=O)N1CC(NC(=O)c2nnc(-c3cc(OC(F)(F)F)ccc3OC3CC3)o2)CC1Cn1ccnn1. The zero-order valence-electron chi connectivity index (χ0n) is 22.4. The Morgan fingerprint density at radius 2 is 1.95 bits per heavy atom. The molecule has 0 bridgehead atoms. The molecule has 3 heterocycles. The van der Waals surface area contributed by atoms with Gasteiger partial charge in [0.15, 0.2) is 0 Å². The van der Waals surface area contributed by atoms with Crippen LogP contribution < -0.4 is 14.8 Å². The Morgan fingerprint density at radius 1 is 1.17 bits per heavy atom. The lowest BCUT2D eigenvalue weighted by atomic mass is 10.1. The summed E-state index contributed by atoms with van der Waals surface area (Å²) in [5, 5.41) is 18.2. The van der Waals surface area contributed by atoms with E-state index in [1.807, 2.05) is 0 Å². The molecule has 1 aliphatic carbocycles. The van der Waals surface area contributed by atoms with E-state index in [0.29, 0.717) is 13.0 Å². The maximum absolute atomic E-state index is 13.0. The Morgan fingerprint density at radius 3 is 2.61 bits per heavy atom. The van der Waals surface area contributed by atoms with Gasteiger partial charge in [0.2, 0.25) is 0 Å². The van der Waals surface area contributed by atoms with E-state index in [9.17, 15) is 22.8 Å². The summed E-state index contributed by atoms with van der Waals surface area (Å²) < 4.78 is 60.8. The zero-order chi connectivity index (χ0) is 29.4. The minimum absolute atomic E-state index is 0.0510. The monoisotopic (exact) mass is 579 g/mol. The Hall–Kier alpha value is -4.37. The van der Waals surface area contributed by atoms with Crippen molar-refractivity contribution in [3.8, 4) is 23.0 Å². The number of hydrogen-bond donors (Lipinski definition) is 1. The van der Waals surface area contributed by atoms with Gasteiger partial charge >= 0.3 is 24.3 Å². The molecule has 3 aromatic rings. The number of halogens is 3. The third-order valence-corrected chi connectivity index (χ3v) is 6.10. The van der Waals surface area contributed by atoms with Crippen molar-refractivity contribution in [2.24, 2.45) is 0 Å². The van der Waals surface area contributed by atoms with Gasteiger partial charge in [0.05, 0.1) is 30.5 Å². The summed E-state index contributed by atoms with van der Waals surface area (Å²) in [5.41, 5.74) is -0.670. The molecule has 2 atom stereocenters. The second-order valence-corrected chi connectivity index (χ2v) is 10.8. The number of carbonyl (C=O) groups excluding carboxylic acids is 2. The Balaban J connectivity index is 1.31. The van der Waals surface area contributed by atoms with Crippen LogP contribution in [0.25, 0.3) is 11.5 Å². The van der Waals surface area contributed by atoms with Gasteiger partial charge in [-0.3, -0.25) is 9.48 Å². The number of carbonyl (C=O) groups is 2. The van der Waals surface area contributed by atoms with E-state index in [1.165, 1.54) is 17.2 Å². The van der Waals surface area contributed by atoms with Crippen LogP contribution in [-0.4, -0.2) is 78.8 Å². The van der Waals surface area contributed by atoms with Crippen LogP contribution >= 0.6 is 0 Å². The predicted molar refractivity (Wildman–Crippen MR) is 133 cm³/mol. The fourth-order valence-corrected chi connectivity index (χ4v) is 4.30. The van der Waals surface area contributed by atoms with Crippen molar-refractivity contribution < 1.29 is 41.4 Å². The molecule has 1 aliphatic heterocycles. The molecule has 16 heteroatoms. The van der Waals surface area contributed by atoms with Gasteiger partial charge < -0.3 is 28.8 Å². The first-order valence-electron chi connectivity index (χ1n) is 12.9. The lowest BCUT2D eigenvalue weighted by molar-refractivity contribution is -0.274. The molecule has 41 heavy (non-hydrogen) atoms. The molecule has 2 fully saturated rings. The highest BCUT2D eigenvalue weighted by Crippen LogP contribution is 2.38. The number of amides is 2. The van der Waals surface area contributed by atoms with E-state index in [-0.39, 0.29) is 35.9 Å². The smallest absolute Gasteiger partial charge is 0.490 e. The van der Waals surface area contributed by atoms with Crippen LogP contribution in [-0.2, 0) is 11.3 Å². The van der Waals surface area contributed by atoms with Gasteiger partial charge in [-0.1, -0.05) is 5.21 Å². The normalized spacial score (nSPS) is 19.2. The fraction of sp³-hybridized carbons (Fsp3) is 0.520. The van der Waals surface area contributed by atoms with Crippen LogP contribution in [0.2, 0.25) is 0 Å². The minimum atomic E-state index is -4.91. The van der Waals surface area contributed by atoms with Crippen molar-refractivity contribution in [2.75, 3.05) is 6.54 Å². The van der Waals surface area contributed by atoms with Gasteiger partial charge in [-0.2, -0.15) is 0 Å². The molecule has 220 valence electrons. The van der Waals surface area contributed by atoms with Gasteiger partial charge in [0.25, 0.3) is 5.89 Å². The highest BCUT2D eigenvalue weighted by atomic mass is 19.4. The quantitative estimate of drug-likeness (QED) is 0.420. The van der Waals surface area contributed by atoms with E-state index in [0.717, 1.165) is 25.0 Å². The zero-order valence-corrected chi connectivity index (χ0v) is 22.4. The van der Waals surface area contributed by atoms with Crippen molar-refractivity contribution in [3.05, 3.63) is 36.5 Å². The summed E-state index contributed by atoms with van der Waals surface area (Å²) in [6.45, 7) is 5.75. The number of nitrogens with zero attached hydrogens (tertiary/aromatic N) is 6. The summed E-state index contributed by atoms with van der Waals surface area (Å²) in [4.78, 5) is 27.4. The lowest BCUT2D eigenvalue weighted by Gasteiger charge is -2.28. The molecule has 2 aromatic heterocycles. The van der Waals surface area contributed by atoms with Gasteiger partial charge in [-0.25, -0.2) is 4.79 Å². The molecule has 1 saturated heterocycles. The van der Waals surface area contributed by atoms with Crippen molar-refractivity contribution in [1.82, 2.24) is 35.4 Å². The van der Waals surface area contributed by atoms with Crippen molar-refractivity contribution in [1.29, 1.82) is 0 Å². The number of likely N-dealkylation sites (tertiary alicyclic amines) is 1. The number of benzene rings is 1. The Labute approximate surface area is 231 Å². The van der Waals surface area contributed by atoms with Crippen molar-refractivity contribution in [3.63, 3.8) is 0 Å². The molecular formula is C25H28F3N7O6. The van der Waals surface area contributed by atoms with Crippen LogP contribution in [0.5, 0.6) is 11.5 Å². The van der Waals surface area contributed by atoms with Gasteiger partial charge in [-0.05, 0) is 58.2 Å². The molecule has 2 amide bonds. The largest absolute Gasteiger partial charge is 0.573 e. The van der Waals surface area contributed by atoms with E-state index >= 15 is 0 Å². The van der Waals surface area contributed by atoms with Crippen LogP contribution in [0, 0.1) is 0 Å². The van der Waals surface area contributed by atoms with Gasteiger partial charge in [-0.15, -0.1) is 28.5 Å². The van der Waals surface area contributed by atoms with Crippen molar-refractivity contribution in [2.45, 2.75) is 76.7 Å². The fourth-order valence-electron chi connectivity index (χ4n) is 4.30. The Bertz CT molecular complexity index is 1380. The minimum Gasteiger partial charge on any atom is -0.490 e. The summed E-state index contributed by atoms with van der Waals surface area (Å²) >= 11 is 0. The molecule has 13 nitrogen and oxygen atoms in total. The maximum atomic E-state index is 13.0. The summed E-state index contributed by atoms with van der Waals surface area (Å²) in [7, 11) is 0. The number of ether oxygens (including phenoxy) is 3. The molecule has 0 radical (unpaired) electrons. The van der Waals surface area contributed by atoms with E-state index < -0.39 is 41.6 Å². The third-order valence-electron chi connectivity index (χ3n) is 6.10. The molecule has 1 saturated carbocycles. The first-order valence-corrected chi connectivity index (χ1v) is 12.9. The van der Waals surface area contributed by atoms with Gasteiger partial charge in [0.1, 0.15) is 17.1 Å². The molecule has 1 N–H and O–H groups in total. The summed E-state index contributed by atoms with van der Waals surface area (Å²) in [6.07, 6.45) is -0.356. The molecule has 1 aromatic carbocycles. The highest BCUT2D eigenvalue weighted by molar-refractivity contribution is 5.90. The topological polar surface area (TPSA) is 147 Å². The number of hydrogen-bond acceptors (Lipinski definition) is 10. The number of aromatic nitrogens is 5. The molecule has 2 unspecified atom stereocenters. The van der Waals surface area contributed by atoms with Crippen molar-refractivity contribution >= 4 is 12.0 Å². The molecule has 5 rings (SSSR count). The maximum Gasteiger partial charge on any atom is 0.573 e. The Kier molecular flexibility index (Phi) is 7.48.